The van der Waals surface area contributed by atoms with Crippen LogP contribution in [-0.4, -0.2) is 35.8 Å². The highest BCUT2D eigenvalue weighted by Crippen LogP contribution is 2.28. The molecule has 20 heavy (non-hydrogen) atoms. The molecule has 1 aromatic heterocycles. The van der Waals surface area contributed by atoms with Crippen LogP contribution in [-0.2, 0) is 6.54 Å². The largest absolute Gasteiger partial charge is 0.497 e. The number of methoxy groups -OCH3 is 1. The molecule has 0 spiro atoms. The zero-order valence-electron chi connectivity index (χ0n) is 12.7. The van der Waals surface area contributed by atoms with Crippen LogP contribution >= 0.6 is 0 Å². The van der Waals surface area contributed by atoms with Gasteiger partial charge in [0.25, 0.3) is 0 Å². The first-order valence-electron chi connectivity index (χ1n) is 7.02. The molecule has 1 N–H and O–H groups in total. The van der Waals surface area contributed by atoms with Crippen LogP contribution in [0.25, 0.3) is 11.3 Å². The number of nitrogens with one attached hydrogen (secondary N) is 1. The molecule has 4 nitrogen and oxygen atoms in total. The Balaban J connectivity index is 2.27. The lowest BCUT2D eigenvalue weighted by Gasteiger charge is -2.15. The smallest absolute Gasteiger partial charge is 0.119 e. The fraction of sp³-hybridized carbons (Fsp3) is 0.438. The number of ether oxygens (including phenoxy) is 1. The monoisotopic (exact) mass is 273 g/mol. The maximum atomic E-state index is 5.26. The molecule has 0 fully saturated rings. The van der Waals surface area contributed by atoms with Crippen LogP contribution in [0.1, 0.15) is 24.5 Å². The van der Waals surface area contributed by atoms with E-state index in [1.54, 1.807) is 7.11 Å². The Kier molecular flexibility index (Phi) is 4.79. The standard InChI is InChI=1S/C16H23N3O/c1-5-8-19(3)11-13-10-17-18-16(13)15-7-6-14(20-4)9-12(15)2/h6-7,9-10H,5,8,11H2,1-4H3,(H,17,18). The lowest BCUT2D eigenvalue weighted by molar-refractivity contribution is 0.328. The highest BCUT2D eigenvalue weighted by atomic mass is 16.5. The van der Waals surface area contributed by atoms with E-state index in [1.165, 1.54) is 11.1 Å². The molecular formula is C16H23N3O. The molecule has 0 aliphatic heterocycles. The Morgan fingerprint density at radius 2 is 2.15 bits per heavy atom. The van der Waals surface area contributed by atoms with Gasteiger partial charge in [-0.1, -0.05) is 6.92 Å². The normalized spacial score (nSPS) is 11.1. The molecule has 4 heteroatoms. The van der Waals surface area contributed by atoms with Crippen molar-refractivity contribution in [1.29, 1.82) is 0 Å². The molecule has 1 heterocycles. The number of aryl methyl sites for hydroxylation is 1. The molecule has 0 aliphatic rings. The van der Waals surface area contributed by atoms with Gasteiger partial charge in [0, 0.05) is 23.9 Å². The summed E-state index contributed by atoms with van der Waals surface area (Å²) in [5, 5.41) is 7.42. The van der Waals surface area contributed by atoms with Gasteiger partial charge >= 0.3 is 0 Å². The fourth-order valence-electron chi connectivity index (χ4n) is 2.45. The second kappa shape index (κ2) is 6.57. The van der Waals surface area contributed by atoms with Crippen LogP contribution in [0.3, 0.4) is 0 Å². The Morgan fingerprint density at radius 3 is 2.80 bits per heavy atom. The average molecular weight is 273 g/mol. The molecule has 0 radical (unpaired) electrons. The molecule has 108 valence electrons. The van der Waals surface area contributed by atoms with Crippen molar-refractivity contribution >= 4 is 0 Å². The van der Waals surface area contributed by atoms with E-state index >= 15 is 0 Å². The number of nitrogens with zero attached hydrogens (tertiary/aromatic N) is 2. The van der Waals surface area contributed by atoms with Crippen LogP contribution < -0.4 is 4.74 Å². The summed E-state index contributed by atoms with van der Waals surface area (Å²) in [6.45, 7) is 6.28. The average Bonchev–Trinajstić information content (AvgIpc) is 2.86. The summed E-state index contributed by atoms with van der Waals surface area (Å²) >= 11 is 0. The Bertz CT molecular complexity index is 563. The zero-order valence-corrected chi connectivity index (χ0v) is 12.7. The minimum Gasteiger partial charge on any atom is -0.497 e. The molecule has 1 aromatic carbocycles. The minimum absolute atomic E-state index is 0.881. The second-order valence-electron chi connectivity index (χ2n) is 5.18. The van der Waals surface area contributed by atoms with Gasteiger partial charge in [-0.15, -0.1) is 0 Å². The van der Waals surface area contributed by atoms with Gasteiger partial charge in [-0.05, 0) is 50.7 Å². The third-order valence-corrected chi connectivity index (χ3v) is 3.45. The highest BCUT2D eigenvalue weighted by Gasteiger charge is 2.12. The number of benzene rings is 1. The van der Waals surface area contributed by atoms with Gasteiger partial charge in [-0.25, -0.2) is 0 Å². The van der Waals surface area contributed by atoms with Crippen LogP contribution in [0, 0.1) is 6.92 Å². The van der Waals surface area contributed by atoms with E-state index in [0.717, 1.165) is 36.5 Å². The first-order chi connectivity index (χ1) is 9.65. The third kappa shape index (κ3) is 3.20. The number of H-pyrrole nitrogens is 1. The SMILES string of the molecule is CCCN(C)Cc1c[nH]nc1-c1ccc(OC)cc1C. The van der Waals surface area contributed by atoms with Crippen LogP contribution in [0.15, 0.2) is 24.4 Å². The van der Waals surface area contributed by atoms with Gasteiger partial charge in [0.2, 0.25) is 0 Å². The van der Waals surface area contributed by atoms with Gasteiger partial charge < -0.3 is 9.64 Å². The molecule has 2 aromatic rings. The Morgan fingerprint density at radius 1 is 1.35 bits per heavy atom. The van der Waals surface area contributed by atoms with Gasteiger partial charge in [0.05, 0.1) is 12.8 Å². The first-order valence-corrected chi connectivity index (χ1v) is 7.02. The van der Waals surface area contributed by atoms with Crippen LogP contribution in [0.2, 0.25) is 0 Å². The first kappa shape index (κ1) is 14.6. The molecule has 2 rings (SSSR count). The molecule has 0 unspecified atom stereocenters. The van der Waals surface area contributed by atoms with Crippen LogP contribution in [0.5, 0.6) is 5.75 Å². The van der Waals surface area contributed by atoms with Crippen molar-refractivity contribution in [2.45, 2.75) is 26.8 Å². The molecule has 0 saturated heterocycles. The third-order valence-electron chi connectivity index (χ3n) is 3.45. The summed E-state index contributed by atoms with van der Waals surface area (Å²) in [7, 11) is 3.83. The van der Waals surface area contributed by atoms with E-state index in [1.807, 2.05) is 18.3 Å². The van der Waals surface area contributed by atoms with Gasteiger partial charge in [0.1, 0.15) is 5.75 Å². The van der Waals surface area contributed by atoms with Gasteiger partial charge in [-0.3, -0.25) is 5.10 Å². The van der Waals surface area contributed by atoms with Crippen molar-refractivity contribution in [2.75, 3.05) is 20.7 Å². The maximum Gasteiger partial charge on any atom is 0.119 e. The minimum atomic E-state index is 0.881. The van der Waals surface area contributed by atoms with E-state index in [2.05, 4.69) is 42.1 Å². The summed E-state index contributed by atoms with van der Waals surface area (Å²) in [6, 6.07) is 6.10. The number of hydrogen-bond acceptors (Lipinski definition) is 3. The molecule has 0 saturated carbocycles. The summed E-state index contributed by atoms with van der Waals surface area (Å²) in [5.74, 6) is 0.881. The lowest BCUT2D eigenvalue weighted by Crippen LogP contribution is -2.18. The highest BCUT2D eigenvalue weighted by molar-refractivity contribution is 5.67. The predicted octanol–water partition coefficient (Wildman–Crippen LogP) is 3.24. The summed E-state index contributed by atoms with van der Waals surface area (Å²) in [5.41, 5.74) is 4.60. The molecule has 0 atom stereocenters. The number of rotatable bonds is 6. The topological polar surface area (TPSA) is 41.2 Å². The van der Waals surface area contributed by atoms with E-state index in [4.69, 9.17) is 4.74 Å². The van der Waals surface area contributed by atoms with Crippen molar-refractivity contribution in [2.24, 2.45) is 0 Å². The summed E-state index contributed by atoms with van der Waals surface area (Å²) in [4.78, 5) is 2.31. The van der Waals surface area contributed by atoms with E-state index in [9.17, 15) is 0 Å². The summed E-state index contributed by atoms with van der Waals surface area (Å²) < 4.78 is 5.26. The van der Waals surface area contributed by atoms with Crippen molar-refractivity contribution in [3.8, 4) is 17.0 Å². The van der Waals surface area contributed by atoms with Crippen molar-refractivity contribution in [1.82, 2.24) is 15.1 Å². The molecule has 0 bridgehead atoms. The van der Waals surface area contributed by atoms with Crippen molar-refractivity contribution in [3.63, 3.8) is 0 Å². The second-order valence-corrected chi connectivity index (χ2v) is 5.18. The number of hydrogen-bond donors (Lipinski definition) is 1. The number of aromatic amines is 1. The number of aromatic nitrogens is 2. The van der Waals surface area contributed by atoms with Gasteiger partial charge in [0.15, 0.2) is 0 Å². The zero-order chi connectivity index (χ0) is 14.5. The van der Waals surface area contributed by atoms with E-state index in [0.29, 0.717) is 0 Å². The summed E-state index contributed by atoms with van der Waals surface area (Å²) in [6.07, 6.45) is 3.15. The quantitative estimate of drug-likeness (QED) is 0.878. The van der Waals surface area contributed by atoms with Crippen molar-refractivity contribution < 1.29 is 4.74 Å². The Labute approximate surface area is 120 Å². The van der Waals surface area contributed by atoms with Crippen LogP contribution in [0.4, 0.5) is 0 Å². The molecular weight excluding hydrogens is 250 g/mol. The van der Waals surface area contributed by atoms with E-state index in [-0.39, 0.29) is 0 Å². The molecule has 0 amide bonds. The Hall–Kier alpha value is -1.81. The van der Waals surface area contributed by atoms with Crippen molar-refractivity contribution in [3.05, 3.63) is 35.5 Å². The van der Waals surface area contributed by atoms with Gasteiger partial charge in [-0.2, -0.15) is 5.10 Å². The fourth-order valence-corrected chi connectivity index (χ4v) is 2.45. The molecule has 0 aliphatic carbocycles. The van der Waals surface area contributed by atoms with E-state index < -0.39 is 0 Å². The maximum absolute atomic E-state index is 5.26. The lowest BCUT2D eigenvalue weighted by atomic mass is 10.0. The predicted molar refractivity (Wildman–Crippen MR) is 81.9 cm³/mol.